The van der Waals surface area contributed by atoms with E-state index in [1.807, 2.05) is 20.0 Å². The molecule has 0 spiro atoms. The van der Waals surface area contributed by atoms with E-state index < -0.39 is 0 Å². The highest BCUT2D eigenvalue weighted by molar-refractivity contribution is 5.35. The first-order chi connectivity index (χ1) is 8.09. The highest BCUT2D eigenvalue weighted by atomic mass is 15.3. The van der Waals surface area contributed by atoms with Crippen molar-refractivity contribution in [2.24, 2.45) is 0 Å². The summed E-state index contributed by atoms with van der Waals surface area (Å²) >= 11 is 0. The van der Waals surface area contributed by atoms with Gasteiger partial charge in [0.05, 0.1) is 11.7 Å². The fourth-order valence-corrected chi connectivity index (χ4v) is 3.31. The number of rotatable bonds is 0. The van der Waals surface area contributed by atoms with Crippen LogP contribution < -0.4 is 0 Å². The Labute approximate surface area is 105 Å². The Morgan fingerprint density at radius 2 is 1.82 bits per heavy atom. The van der Waals surface area contributed by atoms with Gasteiger partial charge in [-0.2, -0.15) is 0 Å². The number of aromatic nitrogens is 1. The number of hydrogen-bond acceptors (Lipinski definition) is 2. The second-order valence-corrected chi connectivity index (χ2v) is 5.66. The Balaban J connectivity index is 0.000000514. The van der Waals surface area contributed by atoms with Crippen LogP contribution in [0, 0.1) is 0 Å². The van der Waals surface area contributed by atoms with Crippen molar-refractivity contribution in [1.29, 1.82) is 0 Å². The van der Waals surface area contributed by atoms with Gasteiger partial charge in [-0.15, -0.1) is 0 Å². The van der Waals surface area contributed by atoms with E-state index in [1.165, 1.54) is 24.1 Å². The molecule has 2 nitrogen and oxygen atoms in total. The summed E-state index contributed by atoms with van der Waals surface area (Å²) in [6.45, 7) is 10.9. The van der Waals surface area contributed by atoms with Crippen molar-refractivity contribution in [2.75, 3.05) is 0 Å². The molecule has 1 aromatic rings. The fourth-order valence-electron chi connectivity index (χ4n) is 3.31. The van der Waals surface area contributed by atoms with E-state index in [1.54, 1.807) is 0 Å². The minimum atomic E-state index is 0.256. The summed E-state index contributed by atoms with van der Waals surface area (Å²) in [4.78, 5) is 7.21. The molecule has 2 aliphatic heterocycles. The summed E-state index contributed by atoms with van der Waals surface area (Å²) in [6.07, 6.45) is 4.52. The maximum absolute atomic E-state index is 4.56. The molecule has 2 aliphatic rings. The van der Waals surface area contributed by atoms with Crippen molar-refractivity contribution < 1.29 is 0 Å². The third kappa shape index (κ3) is 1.89. The zero-order valence-corrected chi connectivity index (χ0v) is 11.7. The average Bonchev–Trinajstić information content (AvgIpc) is 2.88. The molecule has 0 aliphatic carbocycles. The first-order valence-electron chi connectivity index (χ1n) is 6.82. The van der Waals surface area contributed by atoms with Crippen LogP contribution in [0.4, 0.5) is 0 Å². The first-order valence-corrected chi connectivity index (χ1v) is 6.82. The minimum Gasteiger partial charge on any atom is -0.283 e. The van der Waals surface area contributed by atoms with Crippen molar-refractivity contribution in [2.45, 2.75) is 65.1 Å². The molecule has 0 amide bonds. The molecule has 1 aromatic heterocycles. The van der Waals surface area contributed by atoms with Crippen LogP contribution in [0.25, 0.3) is 0 Å². The lowest BCUT2D eigenvalue weighted by molar-refractivity contribution is 0.0938. The normalized spacial score (nSPS) is 26.4. The Bertz CT molecular complexity index is 361. The van der Waals surface area contributed by atoms with Gasteiger partial charge in [0.1, 0.15) is 0 Å². The van der Waals surface area contributed by atoms with Crippen molar-refractivity contribution in [3.8, 4) is 0 Å². The van der Waals surface area contributed by atoms with Gasteiger partial charge >= 0.3 is 0 Å². The molecule has 3 rings (SSSR count). The number of nitrogens with zero attached hydrogens (tertiary/aromatic N) is 2. The molecular weight excluding hydrogens is 208 g/mol. The maximum atomic E-state index is 4.56. The van der Waals surface area contributed by atoms with E-state index in [0.29, 0.717) is 12.1 Å². The maximum Gasteiger partial charge on any atom is 0.0623 e. The van der Waals surface area contributed by atoms with Crippen LogP contribution in [-0.4, -0.2) is 15.4 Å². The predicted molar refractivity (Wildman–Crippen MR) is 71.9 cm³/mol. The quantitative estimate of drug-likeness (QED) is 0.669. The summed E-state index contributed by atoms with van der Waals surface area (Å²) < 4.78 is 0. The van der Waals surface area contributed by atoms with Gasteiger partial charge in [0, 0.05) is 17.8 Å². The lowest BCUT2D eigenvalue weighted by Crippen LogP contribution is -2.38. The van der Waals surface area contributed by atoms with E-state index in [2.05, 4.69) is 42.8 Å². The largest absolute Gasteiger partial charge is 0.283 e. The molecule has 1 saturated heterocycles. The van der Waals surface area contributed by atoms with Crippen LogP contribution in [-0.2, 0) is 0 Å². The number of pyridine rings is 1. The van der Waals surface area contributed by atoms with Crippen molar-refractivity contribution >= 4 is 0 Å². The standard InChI is InChI=1S/C13H18N2.C2H6/c1-13(2,3)15-10-6-7-11(15)12-9(10)5-4-8-14-12;1-2/h4-5,8,10-11H,6-7H2,1-3H3;1-2H3. The first kappa shape index (κ1) is 12.6. The van der Waals surface area contributed by atoms with Gasteiger partial charge in [-0.05, 0) is 45.2 Å². The molecule has 2 bridgehead atoms. The topological polar surface area (TPSA) is 16.1 Å². The molecule has 0 N–H and O–H groups in total. The number of fused-ring (bicyclic) bond motifs is 5. The van der Waals surface area contributed by atoms with Gasteiger partial charge in [-0.1, -0.05) is 19.9 Å². The van der Waals surface area contributed by atoms with Crippen LogP contribution in [0.3, 0.4) is 0 Å². The van der Waals surface area contributed by atoms with Gasteiger partial charge in [-0.25, -0.2) is 0 Å². The van der Waals surface area contributed by atoms with E-state index in [9.17, 15) is 0 Å². The monoisotopic (exact) mass is 232 g/mol. The average molecular weight is 232 g/mol. The lowest BCUT2D eigenvalue weighted by Gasteiger charge is -2.36. The van der Waals surface area contributed by atoms with Gasteiger partial charge in [0.15, 0.2) is 0 Å². The molecule has 94 valence electrons. The van der Waals surface area contributed by atoms with Crippen LogP contribution in [0.15, 0.2) is 18.3 Å². The molecule has 2 unspecified atom stereocenters. The van der Waals surface area contributed by atoms with Crippen LogP contribution in [0.1, 0.15) is 70.8 Å². The Morgan fingerprint density at radius 1 is 1.18 bits per heavy atom. The summed E-state index contributed by atoms with van der Waals surface area (Å²) in [7, 11) is 0. The van der Waals surface area contributed by atoms with E-state index >= 15 is 0 Å². The van der Waals surface area contributed by atoms with E-state index in [0.717, 1.165) is 0 Å². The molecule has 2 atom stereocenters. The summed E-state index contributed by atoms with van der Waals surface area (Å²) in [5.74, 6) is 0. The summed E-state index contributed by atoms with van der Waals surface area (Å²) in [5, 5.41) is 0. The Hall–Kier alpha value is -0.890. The SMILES string of the molecule is CC.CC(C)(C)N1C2CCC1c1ncccc12. The molecule has 1 fully saturated rings. The highest BCUT2D eigenvalue weighted by Crippen LogP contribution is 2.54. The second-order valence-electron chi connectivity index (χ2n) is 5.66. The van der Waals surface area contributed by atoms with Crippen LogP contribution in [0.2, 0.25) is 0 Å². The van der Waals surface area contributed by atoms with E-state index in [-0.39, 0.29) is 5.54 Å². The lowest BCUT2D eigenvalue weighted by atomic mass is 9.96. The molecule has 3 heterocycles. The predicted octanol–water partition coefficient (Wildman–Crippen LogP) is 4.10. The van der Waals surface area contributed by atoms with Gasteiger partial charge in [0.2, 0.25) is 0 Å². The minimum absolute atomic E-state index is 0.256. The zero-order valence-electron chi connectivity index (χ0n) is 11.7. The smallest absolute Gasteiger partial charge is 0.0623 e. The Morgan fingerprint density at radius 3 is 2.41 bits per heavy atom. The Kier molecular flexibility index (Phi) is 3.26. The second kappa shape index (κ2) is 4.41. The third-order valence-corrected chi connectivity index (χ3v) is 3.71. The van der Waals surface area contributed by atoms with Gasteiger partial charge in [-0.3, -0.25) is 9.88 Å². The number of hydrogen-bond donors (Lipinski definition) is 0. The molecule has 0 radical (unpaired) electrons. The summed E-state index contributed by atoms with van der Waals surface area (Å²) in [5.41, 5.74) is 3.07. The van der Waals surface area contributed by atoms with Crippen LogP contribution in [0.5, 0.6) is 0 Å². The van der Waals surface area contributed by atoms with Gasteiger partial charge < -0.3 is 0 Å². The van der Waals surface area contributed by atoms with Crippen LogP contribution >= 0.6 is 0 Å². The molecule has 0 aromatic carbocycles. The molecule has 2 heteroatoms. The summed E-state index contributed by atoms with van der Waals surface area (Å²) in [6, 6.07) is 5.52. The van der Waals surface area contributed by atoms with Crippen molar-refractivity contribution in [1.82, 2.24) is 9.88 Å². The molecular formula is C15H24N2. The molecule has 0 saturated carbocycles. The fraction of sp³-hybridized carbons (Fsp3) is 0.667. The molecule has 17 heavy (non-hydrogen) atoms. The van der Waals surface area contributed by atoms with Gasteiger partial charge in [0.25, 0.3) is 0 Å². The van der Waals surface area contributed by atoms with Crippen molar-refractivity contribution in [3.05, 3.63) is 29.6 Å². The zero-order chi connectivity index (χ0) is 12.6. The van der Waals surface area contributed by atoms with E-state index in [4.69, 9.17) is 0 Å². The van der Waals surface area contributed by atoms with Crippen molar-refractivity contribution in [3.63, 3.8) is 0 Å². The highest BCUT2D eigenvalue weighted by Gasteiger charge is 2.48. The third-order valence-electron chi connectivity index (χ3n) is 3.71.